The number of tetrazole rings is 1. The molecule has 1 amide bonds. The van der Waals surface area contributed by atoms with Crippen LogP contribution < -0.4 is 0 Å². The Morgan fingerprint density at radius 3 is 2.67 bits per heavy atom. The molecule has 27 heavy (non-hydrogen) atoms. The number of hydrogen-bond donors (Lipinski definition) is 0. The number of carbonyl (C=O) groups is 1. The van der Waals surface area contributed by atoms with Gasteiger partial charge in [-0.05, 0) is 38.2 Å². The van der Waals surface area contributed by atoms with Gasteiger partial charge in [0.05, 0.1) is 17.2 Å². The summed E-state index contributed by atoms with van der Waals surface area (Å²) in [6.45, 7) is 11.1. The van der Waals surface area contributed by atoms with E-state index in [2.05, 4.69) is 49.5 Å². The van der Waals surface area contributed by atoms with Crippen molar-refractivity contribution < 1.29 is 4.79 Å². The third-order valence-corrected chi connectivity index (χ3v) is 5.76. The quantitative estimate of drug-likeness (QED) is 0.683. The number of carbonyl (C=O) groups excluding carboxylic acids is 1. The third-order valence-electron chi connectivity index (χ3n) is 4.94. The van der Waals surface area contributed by atoms with Gasteiger partial charge in [0.15, 0.2) is 5.82 Å². The van der Waals surface area contributed by atoms with E-state index in [-0.39, 0.29) is 12.5 Å². The van der Waals surface area contributed by atoms with Crippen molar-refractivity contribution in [2.45, 2.75) is 46.4 Å². The molecule has 2 aromatic heterocycles. The van der Waals surface area contributed by atoms with Crippen LogP contribution in [0.15, 0.2) is 5.38 Å². The fourth-order valence-electron chi connectivity index (χ4n) is 2.96. The second kappa shape index (κ2) is 8.85. The summed E-state index contributed by atoms with van der Waals surface area (Å²) in [5.41, 5.74) is 1.12. The van der Waals surface area contributed by atoms with Crippen molar-refractivity contribution in [1.29, 1.82) is 0 Å². The van der Waals surface area contributed by atoms with E-state index < -0.39 is 0 Å². The number of aromatic nitrogens is 5. The van der Waals surface area contributed by atoms with Gasteiger partial charge in [-0.3, -0.25) is 14.6 Å². The van der Waals surface area contributed by atoms with Crippen molar-refractivity contribution in [3.63, 3.8) is 0 Å². The Labute approximate surface area is 164 Å². The number of thiazole rings is 1. The van der Waals surface area contributed by atoms with Crippen LogP contribution >= 0.6 is 11.3 Å². The number of piperazine rings is 1. The molecule has 0 unspecified atom stereocenters. The molecule has 3 rings (SSSR count). The standard InChI is InChI=1S/C17H28N8OS/c1-13(2)22(4)10-16-19-20-21-25(16)11-17(26)24-7-5-23(6-8-24)9-15-12-27-14(3)18-15/h12-13H,5-11H2,1-4H3. The molecule has 0 atom stereocenters. The predicted molar refractivity (Wildman–Crippen MR) is 103 cm³/mol. The van der Waals surface area contributed by atoms with Gasteiger partial charge in [-0.1, -0.05) is 0 Å². The first-order valence-corrected chi connectivity index (χ1v) is 10.2. The fourth-order valence-corrected chi connectivity index (χ4v) is 3.56. The van der Waals surface area contributed by atoms with E-state index in [4.69, 9.17) is 0 Å². The second-order valence-electron chi connectivity index (χ2n) is 7.28. The van der Waals surface area contributed by atoms with Crippen LogP contribution in [-0.4, -0.2) is 85.1 Å². The van der Waals surface area contributed by atoms with E-state index in [1.54, 1.807) is 16.0 Å². The summed E-state index contributed by atoms with van der Waals surface area (Å²) >= 11 is 1.68. The fraction of sp³-hybridized carbons (Fsp3) is 0.706. The number of nitrogens with zero attached hydrogens (tertiary/aromatic N) is 8. The van der Waals surface area contributed by atoms with Crippen molar-refractivity contribution in [2.24, 2.45) is 0 Å². The SMILES string of the molecule is Cc1nc(CN2CCN(C(=O)Cn3nnnc3CN(C)C(C)C)CC2)cs1. The maximum atomic E-state index is 12.7. The van der Waals surface area contributed by atoms with E-state index in [1.807, 2.05) is 18.9 Å². The number of rotatable bonds is 7. The van der Waals surface area contributed by atoms with Gasteiger partial charge < -0.3 is 4.90 Å². The van der Waals surface area contributed by atoms with Crippen LogP contribution in [0.4, 0.5) is 0 Å². The molecule has 0 aromatic carbocycles. The van der Waals surface area contributed by atoms with Crippen molar-refractivity contribution in [1.82, 2.24) is 39.9 Å². The zero-order valence-electron chi connectivity index (χ0n) is 16.5. The monoisotopic (exact) mass is 392 g/mol. The first-order chi connectivity index (χ1) is 12.9. The number of hydrogen-bond acceptors (Lipinski definition) is 8. The lowest BCUT2D eigenvalue weighted by atomic mass is 10.3. The van der Waals surface area contributed by atoms with Crippen LogP contribution in [0.25, 0.3) is 0 Å². The summed E-state index contributed by atoms with van der Waals surface area (Å²) in [5, 5.41) is 15.0. The van der Waals surface area contributed by atoms with Crippen molar-refractivity contribution in [3.05, 3.63) is 21.9 Å². The van der Waals surface area contributed by atoms with Crippen LogP contribution in [0.3, 0.4) is 0 Å². The molecule has 0 aliphatic carbocycles. The van der Waals surface area contributed by atoms with Gasteiger partial charge >= 0.3 is 0 Å². The first kappa shape index (κ1) is 19.8. The van der Waals surface area contributed by atoms with Gasteiger partial charge in [0.1, 0.15) is 6.54 Å². The molecular formula is C17H28N8OS. The summed E-state index contributed by atoms with van der Waals surface area (Å²) in [7, 11) is 2.02. The molecule has 2 aromatic rings. The molecule has 1 saturated heterocycles. The molecule has 1 fully saturated rings. The Kier molecular flexibility index (Phi) is 6.51. The maximum absolute atomic E-state index is 12.7. The molecule has 1 aliphatic heterocycles. The molecule has 9 nitrogen and oxygen atoms in total. The lowest BCUT2D eigenvalue weighted by molar-refractivity contribution is -0.134. The highest BCUT2D eigenvalue weighted by Gasteiger charge is 2.23. The minimum absolute atomic E-state index is 0.0694. The second-order valence-corrected chi connectivity index (χ2v) is 8.34. The van der Waals surface area contributed by atoms with Gasteiger partial charge in [0, 0.05) is 44.1 Å². The van der Waals surface area contributed by atoms with Gasteiger partial charge in [-0.2, -0.15) is 0 Å². The topological polar surface area (TPSA) is 83.3 Å². The molecular weight excluding hydrogens is 364 g/mol. The summed E-state index contributed by atoms with van der Waals surface area (Å²) < 4.78 is 1.62. The molecule has 0 bridgehead atoms. The van der Waals surface area contributed by atoms with Crippen molar-refractivity contribution >= 4 is 17.2 Å². The molecule has 1 aliphatic rings. The Balaban J connectivity index is 1.49. The van der Waals surface area contributed by atoms with E-state index in [0.717, 1.165) is 49.2 Å². The highest BCUT2D eigenvalue weighted by molar-refractivity contribution is 7.09. The lowest BCUT2D eigenvalue weighted by Gasteiger charge is -2.34. The predicted octanol–water partition coefficient (Wildman–Crippen LogP) is 0.623. The Bertz CT molecular complexity index is 750. The summed E-state index contributed by atoms with van der Waals surface area (Å²) in [6, 6.07) is 0.389. The van der Waals surface area contributed by atoms with Crippen LogP contribution in [-0.2, 0) is 24.4 Å². The third kappa shape index (κ3) is 5.30. The van der Waals surface area contributed by atoms with Crippen LogP contribution in [0.1, 0.15) is 30.4 Å². The van der Waals surface area contributed by atoms with Gasteiger partial charge in [-0.25, -0.2) is 9.67 Å². The normalized spacial score (nSPS) is 15.9. The lowest BCUT2D eigenvalue weighted by Crippen LogP contribution is -2.49. The molecule has 0 saturated carbocycles. The van der Waals surface area contributed by atoms with Gasteiger partial charge in [0.25, 0.3) is 0 Å². The molecule has 148 valence electrons. The van der Waals surface area contributed by atoms with E-state index >= 15 is 0 Å². The van der Waals surface area contributed by atoms with Crippen LogP contribution in [0.2, 0.25) is 0 Å². The highest BCUT2D eigenvalue weighted by atomic mass is 32.1. The average molecular weight is 393 g/mol. The number of amides is 1. The van der Waals surface area contributed by atoms with Gasteiger partial charge in [-0.15, -0.1) is 16.4 Å². The summed E-state index contributed by atoms with van der Waals surface area (Å²) in [6.07, 6.45) is 0. The van der Waals surface area contributed by atoms with Crippen LogP contribution in [0, 0.1) is 6.92 Å². The molecule has 0 N–H and O–H groups in total. The largest absolute Gasteiger partial charge is 0.339 e. The first-order valence-electron chi connectivity index (χ1n) is 9.29. The van der Waals surface area contributed by atoms with Crippen LogP contribution in [0.5, 0.6) is 0 Å². The van der Waals surface area contributed by atoms with E-state index in [9.17, 15) is 4.79 Å². The average Bonchev–Trinajstić information content (AvgIpc) is 3.24. The molecule has 10 heteroatoms. The highest BCUT2D eigenvalue weighted by Crippen LogP contribution is 2.12. The summed E-state index contributed by atoms with van der Waals surface area (Å²) in [4.78, 5) is 23.6. The minimum atomic E-state index is 0.0694. The molecule has 0 radical (unpaired) electrons. The maximum Gasteiger partial charge on any atom is 0.244 e. The van der Waals surface area contributed by atoms with Crippen molar-refractivity contribution in [2.75, 3.05) is 33.2 Å². The summed E-state index contributed by atoms with van der Waals surface area (Å²) in [5.74, 6) is 0.789. The van der Waals surface area contributed by atoms with Gasteiger partial charge in [0.2, 0.25) is 5.91 Å². The van der Waals surface area contributed by atoms with E-state index in [0.29, 0.717) is 12.6 Å². The minimum Gasteiger partial charge on any atom is -0.339 e. The Hall–Kier alpha value is -1.91. The molecule has 0 spiro atoms. The van der Waals surface area contributed by atoms with Crippen molar-refractivity contribution in [3.8, 4) is 0 Å². The molecule has 3 heterocycles. The zero-order chi connectivity index (χ0) is 19.4. The Morgan fingerprint density at radius 1 is 1.30 bits per heavy atom. The Morgan fingerprint density at radius 2 is 2.04 bits per heavy atom. The smallest absolute Gasteiger partial charge is 0.244 e. The van der Waals surface area contributed by atoms with E-state index in [1.165, 1.54) is 0 Å². The number of aryl methyl sites for hydroxylation is 1. The zero-order valence-corrected chi connectivity index (χ0v) is 17.3.